The van der Waals surface area contributed by atoms with Gasteiger partial charge in [0.2, 0.25) is 0 Å². The van der Waals surface area contributed by atoms with Gasteiger partial charge in [-0.05, 0) is 55.8 Å². The standard InChI is InChI=1S/C20H22N2O5/c1-13-4-3-5-17(12-13)27-14(2)19(25)22-16-8-6-15(7-9-16)20(26)21-11-10-18(23)24/h3-9,12,14H,10-11H2,1-2H3,(H,21,26)(H,22,25)(H,23,24). The predicted octanol–water partition coefficient (Wildman–Crippen LogP) is 2.61. The number of carboxylic acid groups (broad SMARTS) is 1. The smallest absolute Gasteiger partial charge is 0.305 e. The minimum atomic E-state index is -0.977. The van der Waals surface area contributed by atoms with Crippen LogP contribution in [0.25, 0.3) is 0 Å². The summed E-state index contributed by atoms with van der Waals surface area (Å²) >= 11 is 0. The van der Waals surface area contributed by atoms with Crippen LogP contribution in [0.5, 0.6) is 5.75 Å². The molecule has 7 heteroatoms. The van der Waals surface area contributed by atoms with Gasteiger partial charge in [0.05, 0.1) is 6.42 Å². The molecule has 1 atom stereocenters. The molecule has 0 heterocycles. The van der Waals surface area contributed by atoms with E-state index in [0.29, 0.717) is 17.0 Å². The molecule has 0 saturated heterocycles. The van der Waals surface area contributed by atoms with E-state index in [9.17, 15) is 14.4 Å². The number of amides is 2. The van der Waals surface area contributed by atoms with E-state index in [1.165, 1.54) is 0 Å². The fraction of sp³-hybridized carbons (Fsp3) is 0.250. The summed E-state index contributed by atoms with van der Waals surface area (Å²) in [6.45, 7) is 3.65. The number of aryl methyl sites for hydroxylation is 1. The van der Waals surface area contributed by atoms with Gasteiger partial charge in [-0.3, -0.25) is 14.4 Å². The lowest BCUT2D eigenvalue weighted by Crippen LogP contribution is -2.30. The normalized spacial score (nSPS) is 11.3. The van der Waals surface area contributed by atoms with Crippen LogP contribution >= 0.6 is 0 Å². The summed E-state index contributed by atoms with van der Waals surface area (Å²) in [5.41, 5.74) is 1.95. The maximum absolute atomic E-state index is 12.3. The fourth-order valence-electron chi connectivity index (χ4n) is 2.28. The number of rotatable bonds is 8. The summed E-state index contributed by atoms with van der Waals surface area (Å²) in [7, 11) is 0. The number of carbonyl (C=O) groups is 3. The third-order valence-electron chi connectivity index (χ3n) is 3.71. The molecule has 2 amide bonds. The number of carbonyl (C=O) groups excluding carboxylic acids is 2. The molecule has 2 rings (SSSR count). The van der Waals surface area contributed by atoms with Crippen molar-refractivity contribution in [1.82, 2.24) is 5.32 Å². The lowest BCUT2D eigenvalue weighted by atomic mass is 10.2. The molecular weight excluding hydrogens is 348 g/mol. The van der Waals surface area contributed by atoms with E-state index in [1.54, 1.807) is 37.3 Å². The lowest BCUT2D eigenvalue weighted by Gasteiger charge is -2.15. The largest absolute Gasteiger partial charge is 0.481 e. The predicted molar refractivity (Wildman–Crippen MR) is 101 cm³/mol. The Kier molecular flexibility index (Phi) is 6.93. The first-order valence-electron chi connectivity index (χ1n) is 8.49. The number of nitrogens with one attached hydrogen (secondary N) is 2. The van der Waals surface area contributed by atoms with Gasteiger partial charge in [0.1, 0.15) is 5.75 Å². The van der Waals surface area contributed by atoms with Crippen LogP contribution in [0.15, 0.2) is 48.5 Å². The van der Waals surface area contributed by atoms with Gasteiger partial charge < -0.3 is 20.5 Å². The minimum Gasteiger partial charge on any atom is -0.481 e. The van der Waals surface area contributed by atoms with E-state index in [1.807, 2.05) is 25.1 Å². The maximum atomic E-state index is 12.3. The second-order valence-corrected chi connectivity index (χ2v) is 6.04. The number of benzene rings is 2. The lowest BCUT2D eigenvalue weighted by molar-refractivity contribution is -0.136. The molecule has 0 aromatic heterocycles. The molecule has 3 N–H and O–H groups in total. The van der Waals surface area contributed by atoms with Crippen molar-refractivity contribution in [3.8, 4) is 5.75 Å². The average Bonchev–Trinajstić information content (AvgIpc) is 2.62. The van der Waals surface area contributed by atoms with Crippen LogP contribution in [0, 0.1) is 6.92 Å². The van der Waals surface area contributed by atoms with Crippen molar-refractivity contribution in [2.45, 2.75) is 26.4 Å². The van der Waals surface area contributed by atoms with Crippen molar-refractivity contribution in [1.29, 1.82) is 0 Å². The molecule has 0 radical (unpaired) electrons. The highest BCUT2D eigenvalue weighted by Gasteiger charge is 2.15. The summed E-state index contributed by atoms with van der Waals surface area (Å²) in [4.78, 5) is 34.6. The van der Waals surface area contributed by atoms with Gasteiger partial charge in [0.15, 0.2) is 6.10 Å². The fourth-order valence-corrected chi connectivity index (χ4v) is 2.28. The Morgan fingerprint density at radius 3 is 2.44 bits per heavy atom. The number of hydrogen-bond donors (Lipinski definition) is 3. The molecule has 0 aliphatic heterocycles. The number of hydrogen-bond acceptors (Lipinski definition) is 4. The average molecular weight is 370 g/mol. The van der Waals surface area contributed by atoms with Gasteiger partial charge in [-0.1, -0.05) is 12.1 Å². The molecule has 2 aromatic carbocycles. The monoisotopic (exact) mass is 370 g/mol. The van der Waals surface area contributed by atoms with E-state index in [-0.39, 0.29) is 24.8 Å². The molecule has 0 saturated carbocycles. The van der Waals surface area contributed by atoms with E-state index >= 15 is 0 Å². The van der Waals surface area contributed by atoms with Crippen molar-refractivity contribution >= 4 is 23.5 Å². The van der Waals surface area contributed by atoms with E-state index < -0.39 is 12.1 Å². The zero-order chi connectivity index (χ0) is 19.8. The molecule has 27 heavy (non-hydrogen) atoms. The molecular formula is C20H22N2O5. The van der Waals surface area contributed by atoms with Gasteiger partial charge >= 0.3 is 5.97 Å². The molecule has 142 valence electrons. The Labute approximate surface area is 157 Å². The van der Waals surface area contributed by atoms with Crippen LogP contribution in [0.3, 0.4) is 0 Å². The van der Waals surface area contributed by atoms with Crippen molar-refractivity contribution < 1.29 is 24.2 Å². The number of ether oxygens (including phenoxy) is 1. The highest BCUT2D eigenvalue weighted by atomic mass is 16.5. The second-order valence-electron chi connectivity index (χ2n) is 6.04. The van der Waals surface area contributed by atoms with Gasteiger partial charge in [-0.15, -0.1) is 0 Å². The third kappa shape index (κ3) is 6.47. The Morgan fingerprint density at radius 1 is 1.11 bits per heavy atom. The highest BCUT2D eigenvalue weighted by Crippen LogP contribution is 2.15. The van der Waals surface area contributed by atoms with Crippen LogP contribution in [0.4, 0.5) is 5.69 Å². The molecule has 0 aliphatic rings. The third-order valence-corrected chi connectivity index (χ3v) is 3.71. The van der Waals surface area contributed by atoms with E-state index in [4.69, 9.17) is 9.84 Å². The molecule has 0 fully saturated rings. The van der Waals surface area contributed by atoms with Crippen molar-refractivity contribution in [3.63, 3.8) is 0 Å². The van der Waals surface area contributed by atoms with Crippen LogP contribution < -0.4 is 15.4 Å². The first-order valence-corrected chi connectivity index (χ1v) is 8.49. The quantitative estimate of drug-likeness (QED) is 0.662. The first kappa shape index (κ1) is 20.0. The van der Waals surface area contributed by atoms with Gasteiger partial charge in [-0.25, -0.2) is 0 Å². The summed E-state index contributed by atoms with van der Waals surface area (Å²) in [6, 6.07) is 13.7. The summed E-state index contributed by atoms with van der Waals surface area (Å²) < 4.78 is 5.63. The summed E-state index contributed by atoms with van der Waals surface area (Å²) in [6.07, 6.45) is -0.829. The molecule has 2 aromatic rings. The maximum Gasteiger partial charge on any atom is 0.305 e. The zero-order valence-electron chi connectivity index (χ0n) is 15.2. The zero-order valence-corrected chi connectivity index (χ0v) is 15.2. The molecule has 0 bridgehead atoms. The molecule has 0 spiro atoms. The second kappa shape index (κ2) is 9.38. The van der Waals surface area contributed by atoms with Gasteiger partial charge in [0.25, 0.3) is 11.8 Å². The highest BCUT2D eigenvalue weighted by molar-refractivity contribution is 5.96. The Hall–Kier alpha value is -3.35. The summed E-state index contributed by atoms with van der Waals surface area (Å²) in [5, 5.41) is 13.8. The minimum absolute atomic E-state index is 0.0560. The van der Waals surface area contributed by atoms with Crippen LogP contribution in [-0.2, 0) is 9.59 Å². The number of carboxylic acids is 1. The Morgan fingerprint density at radius 2 is 1.81 bits per heavy atom. The van der Waals surface area contributed by atoms with E-state index in [0.717, 1.165) is 5.56 Å². The Bertz CT molecular complexity index is 817. The molecule has 7 nitrogen and oxygen atoms in total. The molecule has 0 aliphatic carbocycles. The first-order chi connectivity index (χ1) is 12.8. The van der Waals surface area contributed by atoms with Gasteiger partial charge in [-0.2, -0.15) is 0 Å². The van der Waals surface area contributed by atoms with E-state index in [2.05, 4.69) is 10.6 Å². The van der Waals surface area contributed by atoms with Crippen molar-refractivity contribution in [3.05, 3.63) is 59.7 Å². The van der Waals surface area contributed by atoms with Crippen LogP contribution in [-0.4, -0.2) is 35.5 Å². The number of anilines is 1. The molecule has 1 unspecified atom stereocenters. The number of aliphatic carboxylic acids is 1. The van der Waals surface area contributed by atoms with Crippen LogP contribution in [0.1, 0.15) is 29.3 Å². The topological polar surface area (TPSA) is 105 Å². The summed E-state index contributed by atoms with van der Waals surface area (Å²) in [5.74, 6) is -1.04. The Balaban J connectivity index is 1.88. The van der Waals surface area contributed by atoms with Gasteiger partial charge in [0, 0.05) is 17.8 Å². The van der Waals surface area contributed by atoms with Crippen LogP contribution in [0.2, 0.25) is 0 Å². The van der Waals surface area contributed by atoms with Crippen molar-refractivity contribution in [2.75, 3.05) is 11.9 Å². The SMILES string of the molecule is Cc1cccc(OC(C)C(=O)Nc2ccc(C(=O)NCCC(=O)O)cc2)c1. The van der Waals surface area contributed by atoms with Crippen molar-refractivity contribution in [2.24, 2.45) is 0 Å².